The highest BCUT2D eigenvalue weighted by Gasteiger charge is 2.22. The summed E-state index contributed by atoms with van der Waals surface area (Å²) in [5.41, 5.74) is 0.0546. The predicted molar refractivity (Wildman–Crippen MR) is 66.9 cm³/mol. The van der Waals surface area contributed by atoms with E-state index in [0.717, 1.165) is 6.42 Å². The molecule has 0 bridgehead atoms. The molecule has 5 nitrogen and oxygen atoms in total. The van der Waals surface area contributed by atoms with E-state index in [1.54, 1.807) is 13.8 Å². The predicted octanol–water partition coefficient (Wildman–Crippen LogP) is 1.83. The number of carboxylic acid groups (broad SMARTS) is 1. The Morgan fingerprint density at radius 3 is 2.24 bits per heavy atom. The number of hydrogen-bond donors (Lipinski definition) is 3. The molecule has 0 heterocycles. The van der Waals surface area contributed by atoms with Crippen LogP contribution in [0.5, 0.6) is 0 Å². The zero-order valence-corrected chi connectivity index (χ0v) is 11.3. The first-order valence-corrected chi connectivity index (χ1v) is 5.97. The smallest absolute Gasteiger partial charge is 0.315 e. The van der Waals surface area contributed by atoms with E-state index >= 15 is 0 Å². The summed E-state index contributed by atoms with van der Waals surface area (Å²) in [6.07, 6.45) is 0.967. The van der Waals surface area contributed by atoms with Gasteiger partial charge in [0.2, 0.25) is 0 Å². The number of carbonyl (C=O) groups is 2. The summed E-state index contributed by atoms with van der Waals surface area (Å²) < 4.78 is 0. The van der Waals surface area contributed by atoms with E-state index < -0.39 is 17.9 Å². The Balaban J connectivity index is 4.07. The summed E-state index contributed by atoms with van der Waals surface area (Å²) in [6, 6.07) is -0.704. The van der Waals surface area contributed by atoms with Crippen molar-refractivity contribution in [1.82, 2.24) is 10.6 Å². The van der Waals surface area contributed by atoms with Gasteiger partial charge in [-0.25, -0.2) is 4.79 Å². The first kappa shape index (κ1) is 15.7. The second-order valence-electron chi connectivity index (χ2n) is 5.26. The van der Waals surface area contributed by atoms with Gasteiger partial charge in [-0.05, 0) is 25.7 Å². The lowest BCUT2D eigenvalue weighted by molar-refractivity contribution is -0.141. The SMILES string of the molecule is CCC(C)(C)CNC(=O)NC(C)C(C)C(=O)O. The van der Waals surface area contributed by atoms with E-state index in [9.17, 15) is 9.59 Å². The Bertz CT molecular complexity index is 277. The van der Waals surface area contributed by atoms with Crippen LogP contribution in [0.4, 0.5) is 4.79 Å². The van der Waals surface area contributed by atoms with Crippen LogP contribution in [-0.4, -0.2) is 29.7 Å². The topological polar surface area (TPSA) is 78.4 Å². The van der Waals surface area contributed by atoms with Gasteiger partial charge in [-0.3, -0.25) is 4.79 Å². The molecule has 0 aromatic rings. The molecule has 0 rings (SSSR count). The molecule has 5 heteroatoms. The summed E-state index contributed by atoms with van der Waals surface area (Å²) >= 11 is 0. The van der Waals surface area contributed by atoms with E-state index in [2.05, 4.69) is 31.4 Å². The molecule has 0 fully saturated rings. The van der Waals surface area contributed by atoms with Gasteiger partial charge in [-0.1, -0.05) is 20.8 Å². The molecule has 0 radical (unpaired) electrons. The van der Waals surface area contributed by atoms with Gasteiger partial charge in [0.05, 0.1) is 5.92 Å². The van der Waals surface area contributed by atoms with Crippen molar-refractivity contribution in [3.63, 3.8) is 0 Å². The Hall–Kier alpha value is -1.26. The number of rotatable bonds is 6. The number of amides is 2. The van der Waals surface area contributed by atoms with Gasteiger partial charge in [0.25, 0.3) is 0 Å². The Morgan fingerprint density at radius 2 is 1.82 bits per heavy atom. The molecular formula is C12H24N2O3. The van der Waals surface area contributed by atoms with Gasteiger partial charge in [-0.2, -0.15) is 0 Å². The molecule has 0 saturated heterocycles. The minimum Gasteiger partial charge on any atom is -0.481 e. The van der Waals surface area contributed by atoms with Crippen LogP contribution in [0.3, 0.4) is 0 Å². The van der Waals surface area contributed by atoms with E-state index in [0.29, 0.717) is 6.54 Å². The molecule has 100 valence electrons. The normalized spacial score (nSPS) is 14.9. The largest absolute Gasteiger partial charge is 0.481 e. The van der Waals surface area contributed by atoms with Crippen molar-refractivity contribution in [2.24, 2.45) is 11.3 Å². The molecule has 2 atom stereocenters. The lowest BCUT2D eigenvalue weighted by Gasteiger charge is -2.24. The molecule has 3 N–H and O–H groups in total. The second kappa shape index (κ2) is 6.47. The van der Waals surface area contributed by atoms with Gasteiger partial charge >= 0.3 is 12.0 Å². The lowest BCUT2D eigenvalue weighted by atomic mass is 9.90. The minimum atomic E-state index is -0.910. The van der Waals surface area contributed by atoms with Crippen LogP contribution in [0, 0.1) is 11.3 Å². The van der Waals surface area contributed by atoms with E-state index in [1.807, 2.05) is 0 Å². The van der Waals surface area contributed by atoms with Crippen LogP contribution >= 0.6 is 0 Å². The van der Waals surface area contributed by atoms with Crippen molar-refractivity contribution < 1.29 is 14.7 Å². The highest BCUT2D eigenvalue weighted by molar-refractivity contribution is 5.76. The monoisotopic (exact) mass is 244 g/mol. The van der Waals surface area contributed by atoms with Crippen LogP contribution in [0.1, 0.15) is 41.0 Å². The fourth-order valence-electron chi connectivity index (χ4n) is 1.04. The van der Waals surface area contributed by atoms with E-state index in [-0.39, 0.29) is 11.4 Å². The minimum absolute atomic E-state index is 0.0546. The summed E-state index contributed by atoms with van der Waals surface area (Å²) in [7, 11) is 0. The molecule has 0 aromatic heterocycles. The molecule has 0 aliphatic heterocycles. The average molecular weight is 244 g/mol. The molecule has 2 amide bonds. The third-order valence-corrected chi connectivity index (χ3v) is 3.18. The van der Waals surface area contributed by atoms with Gasteiger partial charge < -0.3 is 15.7 Å². The van der Waals surface area contributed by atoms with E-state index in [4.69, 9.17) is 5.11 Å². The molecule has 0 aliphatic carbocycles. The van der Waals surface area contributed by atoms with Crippen molar-refractivity contribution in [2.75, 3.05) is 6.54 Å². The zero-order chi connectivity index (χ0) is 13.6. The Labute approximate surface area is 103 Å². The Kier molecular flexibility index (Phi) is 5.99. The summed E-state index contributed by atoms with van der Waals surface area (Å²) in [5, 5.41) is 14.2. The first-order chi connectivity index (χ1) is 7.69. The highest BCUT2D eigenvalue weighted by Crippen LogP contribution is 2.17. The maximum Gasteiger partial charge on any atom is 0.315 e. The number of urea groups is 1. The van der Waals surface area contributed by atoms with Crippen LogP contribution in [0.15, 0.2) is 0 Å². The van der Waals surface area contributed by atoms with Crippen molar-refractivity contribution in [2.45, 2.75) is 47.1 Å². The van der Waals surface area contributed by atoms with Crippen molar-refractivity contribution in [3.05, 3.63) is 0 Å². The molecule has 2 unspecified atom stereocenters. The van der Waals surface area contributed by atoms with Crippen LogP contribution in [-0.2, 0) is 4.79 Å². The van der Waals surface area contributed by atoms with Crippen molar-refractivity contribution in [1.29, 1.82) is 0 Å². The molecule has 17 heavy (non-hydrogen) atoms. The van der Waals surface area contributed by atoms with Crippen LogP contribution < -0.4 is 10.6 Å². The molecule has 0 spiro atoms. The van der Waals surface area contributed by atoms with Crippen LogP contribution in [0.2, 0.25) is 0 Å². The summed E-state index contributed by atoms with van der Waals surface area (Å²) in [4.78, 5) is 22.2. The average Bonchev–Trinajstić information content (AvgIpc) is 2.25. The molecule has 0 aliphatic rings. The number of hydrogen-bond acceptors (Lipinski definition) is 2. The third kappa shape index (κ3) is 6.14. The Morgan fingerprint density at radius 1 is 1.29 bits per heavy atom. The molecular weight excluding hydrogens is 220 g/mol. The quantitative estimate of drug-likeness (QED) is 0.667. The highest BCUT2D eigenvalue weighted by atomic mass is 16.4. The molecule has 0 aromatic carbocycles. The molecule has 0 saturated carbocycles. The van der Waals surface area contributed by atoms with E-state index in [1.165, 1.54) is 0 Å². The summed E-state index contributed by atoms with van der Waals surface area (Å²) in [6.45, 7) is 10.0. The van der Waals surface area contributed by atoms with Crippen molar-refractivity contribution >= 4 is 12.0 Å². The standard InChI is InChI=1S/C12H24N2O3/c1-6-12(4,5)7-13-11(17)14-9(3)8(2)10(15)16/h8-9H,6-7H2,1-5H3,(H,15,16)(H2,13,14,17). The number of carbonyl (C=O) groups excluding carboxylic acids is 1. The maximum absolute atomic E-state index is 11.5. The third-order valence-electron chi connectivity index (χ3n) is 3.18. The van der Waals surface area contributed by atoms with Gasteiger partial charge in [0.15, 0.2) is 0 Å². The zero-order valence-electron chi connectivity index (χ0n) is 11.3. The first-order valence-electron chi connectivity index (χ1n) is 5.97. The van der Waals surface area contributed by atoms with Crippen LogP contribution in [0.25, 0.3) is 0 Å². The number of carboxylic acids is 1. The lowest BCUT2D eigenvalue weighted by Crippen LogP contribution is -2.47. The van der Waals surface area contributed by atoms with Gasteiger partial charge in [-0.15, -0.1) is 0 Å². The maximum atomic E-state index is 11.5. The fraction of sp³-hybridized carbons (Fsp3) is 0.833. The van der Waals surface area contributed by atoms with Crippen molar-refractivity contribution in [3.8, 4) is 0 Å². The van der Waals surface area contributed by atoms with Gasteiger partial charge in [0.1, 0.15) is 0 Å². The van der Waals surface area contributed by atoms with Gasteiger partial charge in [0, 0.05) is 12.6 Å². The second-order valence-corrected chi connectivity index (χ2v) is 5.26. The number of nitrogens with one attached hydrogen (secondary N) is 2. The summed E-state index contributed by atoms with van der Waals surface area (Å²) in [5.74, 6) is -1.51. The number of aliphatic carboxylic acids is 1. The fourth-order valence-corrected chi connectivity index (χ4v) is 1.04.